The molecule has 1 rings (SSSR count). The summed E-state index contributed by atoms with van der Waals surface area (Å²) in [6.45, 7) is 1.68. The Morgan fingerprint density at radius 3 is 2.54 bits per heavy atom. The van der Waals surface area contributed by atoms with Crippen LogP contribution >= 0.6 is 0 Å². The van der Waals surface area contributed by atoms with Crippen molar-refractivity contribution in [2.24, 2.45) is 0 Å². The van der Waals surface area contributed by atoms with E-state index in [4.69, 9.17) is 4.42 Å². The zero-order valence-electron chi connectivity index (χ0n) is 7.60. The van der Waals surface area contributed by atoms with E-state index in [9.17, 15) is 8.42 Å². The summed E-state index contributed by atoms with van der Waals surface area (Å²) in [5, 5.41) is 0. The highest BCUT2D eigenvalue weighted by Gasteiger charge is 2.15. The Labute approximate surface area is 76.7 Å². The van der Waals surface area contributed by atoms with Gasteiger partial charge in [0.15, 0.2) is 0 Å². The minimum atomic E-state index is -3.51. The third-order valence-electron chi connectivity index (χ3n) is 1.32. The fraction of sp³-hybridized carbons (Fsp3) is 0.500. The third-order valence-corrected chi connectivity index (χ3v) is 2.71. The van der Waals surface area contributed by atoms with E-state index in [-0.39, 0.29) is 6.01 Å². The van der Waals surface area contributed by atoms with Gasteiger partial charge in [-0.25, -0.2) is 9.71 Å². The van der Waals surface area contributed by atoms with Gasteiger partial charge in [0, 0.05) is 14.1 Å². The lowest BCUT2D eigenvalue weighted by Crippen LogP contribution is -2.29. The highest BCUT2D eigenvalue weighted by Crippen LogP contribution is 2.09. The van der Waals surface area contributed by atoms with Gasteiger partial charge in [-0.2, -0.15) is 12.7 Å². The number of oxazole rings is 1. The quantitative estimate of drug-likeness (QED) is 0.764. The van der Waals surface area contributed by atoms with Gasteiger partial charge in [-0.05, 0) is 6.92 Å². The SMILES string of the molecule is Cc1cnc(NS(=O)(=O)N(C)C)o1. The Kier molecular flexibility index (Phi) is 2.58. The van der Waals surface area contributed by atoms with Gasteiger partial charge < -0.3 is 4.42 Å². The molecule has 0 aliphatic carbocycles. The van der Waals surface area contributed by atoms with Crippen LogP contribution in [0.15, 0.2) is 10.6 Å². The minimum absolute atomic E-state index is 0.0220. The maximum absolute atomic E-state index is 11.2. The van der Waals surface area contributed by atoms with Crippen LogP contribution in [0.5, 0.6) is 0 Å². The number of nitrogens with one attached hydrogen (secondary N) is 1. The smallest absolute Gasteiger partial charge is 0.309 e. The molecule has 0 bridgehead atoms. The molecule has 0 aliphatic heterocycles. The fourth-order valence-electron chi connectivity index (χ4n) is 0.604. The van der Waals surface area contributed by atoms with Crippen LogP contribution in [-0.2, 0) is 10.2 Å². The van der Waals surface area contributed by atoms with E-state index in [0.717, 1.165) is 4.31 Å². The lowest BCUT2D eigenvalue weighted by Gasteiger charge is -2.09. The number of hydrogen-bond acceptors (Lipinski definition) is 4. The summed E-state index contributed by atoms with van der Waals surface area (Å²) < 4.78 is 30.6. The first-order chi connectivity index (χ1) is 5.92. The van der Waals surface area contributed by atoms with Crippen LogP contribution in [0.2, 0.25) is 0 Å². The maximum Gasteiger partial charge on any atom is 0.309 e. The lowest BCUT2D eigenvalue weighted by atomic mass is 10.6. The van der Waals surface area contributed by atoms with Crippen LogP contribution in [0.25, 0.3) is 0 Å². The molecule has 1 N–H and O–H groups in total. The molecule has 0 atom stereocenters. The molecule has 74 valence electrons. The molecule has 1 aromatic rings. The fourth-order valence-corrected chi connectivity index (χ4v) is 1.10. The molecule has 0 fully saturated rings. The first-order valence-corrected chi connectivity index (χ1v) is 4.98. The molecule has 0 amide bonds. The molecule has 0 saturated heterocycles. The van der Waals surface area contributed by atoms with E-state index in [2.05, 4.69) is 9.71 Å². The molecule has 0 spiro atoms. The second-order valence-electron chi connectivity index (χ2n) is 2.67. The van der Waals surface area contributed by atoms with Crippen molar-refractivity contribution in [3.8, 4) is 0 Å². The predicted octanol–water partition coefficient (Wildman–Crippen LogP) is 0.201. The maximum atomic E-state index is 11.2. The Bertz CT molecular complexity index is 382. The molecule has 1 heterocycles. The highest BCUT2D eigenvalue weighted by atomic mass is 32.2. The summed E-state index contributed by atoms with van der Waals surface area (Å²) in [6, 6.07) is -0.0220. The van der Waals surface area contributed by atoms with Gasteiger partial charge in [0.05, 0.1) is 6.20 Å². The van der Waals surface area contributed by atoms with E-state index in [1.165, 1.54) is 20.3 Å². The Morgan fingerprint density at radius 2 is 2.15 bits per heavy atom. The van der Waals surface area contributed by atoms with Crippen LogP contribution < -0.4 is 4.72 Å². The molecule has 0 radical (unpaired) electrons. The van der Waals surface area contributed by atoms with E-state index < -0.39 is 10.2 Å². The Hall–Kier alpha value is -1.08. The summed E-state index contributed by atoms with van der Waals surface area (Å²) >= 11 is 0. The van der Waals surface area contributed by atoms with Crippen LogP contribution in [0, 0.1) is 6.92 Å². The molecular weight excluding hydrogens is 194 g/mol. The molecule has 0 aromatic carbocycles. The first kappa shape index (κ1) is 10.0. The van der Waals surface area contributed by atoms with Gasteiger partial charge >= 0.3 is 16.2 Å². The molecule has 7 heteroatoms. The largest absolute Gasteiger partial charge is 0.428 e. The van der Waals surface area contributed by atoms with Crippen molar-refractivity contribution in [3.05, 3.63) is 12.0 Å². The normalized spacial score (nSPS) is 12.0. The number of aryl methyl sites for hydroxylation is 1. The molecule has 13 heavy (non-hydrogen) atoms. The van der Waals surface area contributed by atoms with Crippen molar-refractivity contribution in [1.29, 1.82) is 0 Å². The molecular formula is C6H11N3O3S. The molecule has 1 aromatic heterocycles. The van der Waals surface area contributed by atoms with Crippen molar-refractivity contribution in [2.75, 3.05) is 18.8 Å². The first-order valence-electron chi connectivity index (χ1n) is 3.54. The van der Waals surface area contributed by atoms with Crippen molar-refractivity contribution in [1.82, 2.24) is 9.29 Å². The topological polar surface area (TPSA) is 75.4 Å². The molecule has 0 saturated carbocycles. The second-order valence-corrected chi connectivity index (χ2v) is 4.55. The summed E-state index contributed by atoms with van der Waals surface area (Å²) in [5.74, 6) is 0.552. The minimum Gasteiger partial charge on any atom is -0.428 e. The van der Waals surface area contributed by atoms with E-state index in [1.54, 1.807) is 6.92 Å². The van der Waals surface area contributed by atoms with Crippen LogP contribution in [0.4, 0.5) is 6.01 Å². The number of nitrogens with zero attached hydrogens (tertiary/aromatic N) is 2. The van der Waals surface area contributed by atoms with E-state index in [1.807, 2.05) is 0 Å². The van der Waals surface area contributed by atoms with E-state index >= 15 is 0 Å². The van der Waals surface area contributed by atoms with Crippen LogP contribution in [-0.4, -0.2) is 31.8 Å². The summed E-state index contributed by atoms with van der Waals surface area (Å²) in [6.07, 6.45) is 1.44. The van der Waals surface area contributed by atoms with Gasteiger partial charge in [0.1, 0.15) is 5.76 Å². The molecule has 6 nitrogen and oxygen atoms in total. The van der Waals surface area contributed by atoms with Crippen molar-refractivity contribution < 1.29 is 12.8 Å². The van der Waals surface area contributed by atoms with Crippen LogP contribution in [0.1, 0.15) is 5.76 Å². The van der Waals surface area contributed by atoms with Gasteiger partial charge in [-0.15, -0.1) is 0 Å². The monoisotopic (exact) mass is 205 g/mol. The average Bonchev–Trinajstić information content (AvgIpc) is 2.34. The third kappa shape index (κ3) is 2.43. The zero-order chi connectivity index (χ0) is 10.1. The number of aromatic nitrogens is 1. The lowest BCUT2D eigenvalue weighted by molar-refractivity contribution is 0.515. The standard InChI is InChI=1S/C6H11N3O3S/c1-5-4-7-6(12-5)8-13(10,11)9(2)3/h4H,1-3H3,(H,7,8). The number of hydrogen-bond donors (Lipinski definition) is 1. The number of anilines is 1. The van der Waals surface area contributed by atoms with Gasteiger partial charge in [0.2, 0.25) is 0 Å². The Balaban J connectivity index is 2.81. The van der Waals surface area contributed by atoms with E-state index in [0.29, 0.717) is 5.76 Å². The summed E-state index contributed by atoms with van der Waals surface area (Å²) in [5.41, 5.74) is 0. The van der Waals surface area contributed by atoms with Gasteiger partial charge in [-0.3, -0.25) is 0 Å². The van der Waals surface area contributed by atoms with Crippen molar-refractivity contribution in [2.45, 2.75) is 6.92 Å². The Morgan fingerprint density at radius 1 is 1.54 bits per heavy atom. The second kappa shape index (κ2) is 3.35. The highest BCUT2D eigenvalue weighted by molar-refractivity contribution is 7.90. The zero-order valence-corrected chi connectivity index (χ0v) is 8.42. The van der Waals surface area contributed by atoms with Gasteiger partial charge in [-0.1, -0.05) is 0 Å². The summed E-state index contributed by atoms with van der Waals surface area (Å²) in [4.78, 5) is 3.70. The molecule has 0 unspecified atom stereocenters. The number of rotatable bonds is 3. The summed E-state index contributed by atoms with van der Waals surface area (Å²) in [7, 11) is -0.681. The predicted molar refractivity (Wildman–Crippen MR) is 47.5 cm³/mol. The van der Waals surface area contributed by atoms with Crippen LogP contribution in [0.3, 0.4) is 0 Å². The average molecular weight is 205 g/mol. The molecule has 0 aliphatic rings. The van der Waals surface area contributed by atoms with Gasteiger partial charge in [0.25, 0.3) is 0 Å². The van der Waals surface area contributed by atoms with Crippen molar-refractivity contribution >= 4 is 16.2 Å². The van der Waals surface area contributed by atoms with Crippen molar-refractivity contribution in [3.63, 3.8) is 0 Å².